The molecule has 82 valence electrons. The molecule has 1 saturated carbocycles. The van der Waals surface area contributed by atoms with E-state index in [1.54, 1.807) is 12.3 Å². The normalized spacial score (nSPS) is 19.7. The monoisotopic (exact) mass is 210 g/mol. The Balaban J connectivity index is 2.25. The Hall–Kier alpha value is -1.52. The zero-order valence-corrected chi connectivity index (χ0v) is 8.40. The van der Waals surface area contributed by atoms with E-state index in [0.29, 0.717) is 5.69 Å². The maximum absolute atomic E-state index is 10.7. The second-order valence-corrected chi connectivity index (χ2v) is 3.88. The van der Waals surface area contributed by atoms with Crippen LogP contribution >= 0.6 is 0 Å². The van der Waals surface area contributed by atoms with Crippen molar-refractivity contribution in [2.45, 2.75) is 37.7 Å². The highest BCUT2D eigenvalue weighted by Gasteiger charge is 2.39. The van der Waals surface area contributed by atoms with Gasteiger partial charge in [-0.15, -0.1) is 0 Å². The Labute approximate surface area is 87.4 Å². The van der Waals surface area contributed by atoms with Gasteiger partial charge in [0, 0.05) is 6.20 Å². The first-order chi connectivity index (χ1) is 7.23. The fourth-order valence-electron chi connectivity index (χ4n) is 2.21. The van der Waals surface area contributed by atoms with Crippen molar-refractivity contribution in [3.05, 3.63) is 18.0 Å². The summed E-state index contributed by atoms with van der Waals surface area (Å²) in [6, 6.07) is 1.79. The number of nitrogens with one attached hydrogen (secondary N) is 1. The third kappa shape index (κ3) is 1.95. The molecule has 0 atom stereocenters. The van der Waals surface area contributed by atoms with E-state index in [1.807, 2.05) is 0 Å². The highest BCUT2D eigenvalue weighted by molar-refractivity contribution is 5.58. The lowest BCUT2D eigenvalue weighted by atomic mass is 9.82. The number of H-pyrrole nitrogens is 1. The maximum atomic E-state index is 10.7. The number of ether oxygens (including phenoxy) is 1. The third-order valence-corrected chi connectivity index (χ3v) is 2.91. The molecular weight excluding hydrogens is 196 g/mol. The molecule has 0 saturated heterocycles. The van der Waals surface area contributed by atoms with Crippen LogP contribution in [0.25, 0.3) is 0 Å². The lowest BCUT2D eigenvalue weighted by Gasteiger charge is -2.33. The van der Waals surface area contributed by atoms with E-state index in [4.69, 9.17) is 9.84 Å². The van der Waals surface area contributed by atoms with Crippen molar-refractivity contribution in [3.63, 3.8) is 0 Å². The molecule has 0 aliphatic heterocycles. The van der Waals surface area contributed by atoms with Gasteiger partial charge in [0.25, 0.3) is 0 Å². The van der Waals surface area contributed by atoms with Gasteiger partial charge in [-0.1, -0.05) is 6.42 Å². The van der Waals surface area contributed by atoms with Crippen LogP contribution in [-0.4, -0.2) is 21.5 Å². The zero-order valence-electron chi connectivity index (χ0n) is 8.40. The molecule has 2 N–H and O–H groups in total. The number of nitrogens with zero attached hydrogens (tertiary/aromatic N) is 1. The first-order valence-electron chi connectivity index (χ1n) is 5.15. The third-order valence-electron chi connectivity index (χ3n) is 2.91. The molecular formula is C10H14N2O3. The fourth-order valence-corrected chi connectivity index (χ4v) is 2.21. The Bertz CT molecular complexity index is 328. The van der Waals surface area contributed by atoms with Crippen LogP contribution in [0.5, 0.6) is 0 Å². The molecule has 0 amide bonds. The largest absolute Gasteiger partial charge is 0.506 e. The van der Waals surface area contributed by atoms with Crippen LogP contribution in [0.4, 0.5) is 4.79 Å². The van der Waals surface area contributed by atoms with Crippen molar-refractivity contribution < 1.29 is 14.6 Å². The van der Waals surface area contributed by atoms with Gasteiger partial charge < -0.3 is 9.84 Å². The van der Waals surface area contributed by atoms with Crippen LogP contribution in [0.2, 0.25) is 0 Å². The summed E-state index contributed by atoms with van der Waals surface area (Å²) in [5, 5.41) is 15.5. The molecule has 1 aliphatic rings. The smallest absolute Gasteiger partial charge is 0.450 e. The van der Waals surface area contributed by atoms with E-state index in [-0.39, 0.29) is 0 Å². The van der Waals surface area contributed by atoms with Crippen molar-refractivity contribution in [2.75, 3.05) is 0 Å². The molecule has 1 aromatic heterocycles. The van der Waals surface area contributed by atoms with E-state index >= 15 is 0 Å². The number of rotatable bonds is 2. The molecule has 1 fully saturated rings. The topological polar surface area (TPSA) is 75.2 Å². The summed E-state index contributed by atoms with van der Waals surface area (Å²) in [6.45, 7) is 0. The van der Waals surface area contributed by atoms with Crippen LogP contribution in [0, 0.1) is 0 Å². The molecule has 0 aromatic carbocycles. The molecule has 5 heteroatoms. The summed E-state index contributed by atoms with van der Waals surface area (Å²) in [5.41, 5.74) is -0.0195. The lowest BCUT2D eigenvalue weighted by Crippen LogP contribution is -2.34. The number of carbonyl (C=O) groups is 1. The van der Waals surface area contributed by atoms with Crippen molar-refractivity contribution in [1.29, 1.82) is 0 Å². The Morgan fingerprint density at radius 2 is 2.20 bits per heavy atom. The summed E-state index contributed by atoms with van der Waals surface area (Å²) in [7, 11) is 0. The number of hydrogen-bond donors (Lipinski definition) is 2. The van der Waals surface area contributed by atoms with Gasteiger partial charge in [0.05, 0.1) is 0 Å². The van der Waals surface area contributed by atoms with E-state index < -0.39 is 11.8 Å². The van der Waals surface area contributed by atoms with Crippen LogP contribution in [0.3, 0.4) is 0 Å². The average molecular weight is 210 g/mol. The van der Waals surface area contributed by atoms with Gasteiger partial charge >= 0.3 is 6.16 Å². The molecule has 0 bridgehead atoms. The Morgan fingerprint density at radius 1 is 1.47 bits per heavy atom. The minimum absolute atomic E-state index is 0.699. The van der Waals surface area contributed by atoms with Crippen molar-refractivity contribution >= 4 is 6.16 Å². The fraction of sp³-hybridized carbons (Fsp3) is 0.600. The molecule has 0 spiro atoms. The van der Waals surface area contributed by atoms with Gasteiger partial charge in [-0.3, -0.25) is 5.10 Å². The van der Waals surface area contributed by atoms with Crippen molar-refractivity contribution in [2.24, 2.45) is 0 Å². The van der Waals surface area contributed by atoms with Crippen LogP contribution in [-0.2, 0) is 10.3 Å². The highest BCUT2D eigenvalue weighted by atomic mass is 16.7. The van der Waals surface area contributed by atoms with E-state index in [1.165, 1.54) is 0 Å². The molecule has 2 rings (SSSR count). The van der Waals surface area contributed by atoms with Gasteiger partial charge in [0.15, 0.2) is 5.60 Å². The van der Waals surface area contributed by atoms with Crippen molar-refractivity contribution in [3.8, 4) is 0 Å². The molecule has 1 heterocycles. The quantitative estimate of drug-likeness (QED) is 0.734. The summed E-state index contributed by atoms with van der Waals surface area (Å²) in [4.78, 5) is 10.7. The molecule has 0 unspecified atom stereocenters. The first kappa shape index (κ1) is 10.0. The van der Waals surface area contributed by atoms with E-state index in [9.17, 15) is 4.79 Å². The average Bonchev–Trinajstić information content (AvgIpc) is 2.71. The second kappa shape index (κ2) is 3.92. The summed E-state index contributed by atoms with van der Waals surface area (Å²) in [6.07, 6.45) is 5.03. The molecule has 15 heavy (non-hydrogen) atoms. The molecule has 0 radical (unpaired) electrons. The molecule has 1 aliphatic carbocycles. The Kier molecular flexibility index (Phi) is 2.62. The minimum atomic E-state index is -1.22. The van der Waals surface area contributed by atoms with Crippen LogP contribution in [0.15, 0.2) is 12.3 Å². The summed E-state index contributed by atoms with van der Waals surface area (Å²) < 4.78 is 5.06. The number of aromatic amines is 1. The van der Waals surface area contributed by atoms with Crippen molar-refractivity contribution in [1.82, 2.24) is 10.2 Å². The maximum Gasteiger partial charge on any atom is 0.506 e. The predicted octanol–water partition coefficient (Wildman–Crippen LogP) is 2.26. The summed E-state index contributed by atoms with van der Waals surface area (Å²) >= 11 is 0. The van der Waals surface area contributed by atoms with Gasteiger partial charge in [0.1, 0.15) is 5.69 Å². The standard InChI is InChI=1S/C10H14N2O3/c13-9(14)15-10(5-2-1-3-6-10)8-4-7-11-12-8/h4,7H,1-3,5-6H2,(H,11,12)(H,13,14). The van der Waals surface area contributed by atoms with Gasteiger partial charge in [0.2, 0.25) is 0 Å². The minimum Gasteiger partial charge on any atom is -0.450 e. The number of hydrogen-bond acceptors (Lipinski definition) is 3. The first-order valence-corrected chi connectivity index (χ1v) is 5.15. The van der Waals surface area contributed by atoms with E-state index in [2.05, 4.69) is 10.2 Å². The van der Waals surface area contributed by atoms with Gasteiger partial charge in [-0.05, 0) is 31.7 Å². The molecule has 1 aromatic rings. The highest BCUT2D eigenvalue weighted by Crippen LogP contribution is 2.39. The molecule has 5 nitrogen and oxygen atoms in total. The van der Waals surface area contributed by atoms with Crippen LogP contribution < -0.4 is 0 Å². The predicted molar refractivity (Wildman–Crippen MR) is 52.5 cm³/mol. The van der Waals surface area contributed by atoms with Gasteiger partial charge in [-0.2, -0.15) is 5.10 Å². The summed E-state index contributed by atoms with van der Waals surface area (Å²) in [5.74, 6) is 0. The zero-order chi connectivity index (χ0) is 10.7. The Morgan fingerprint density at radius 3 is 2.73 bits per heavy atom. The number of aromatic nitrogens is 2. The van der Waals surface area contributed by atoms with Gasteiger partial charge in [-0.25, -0.2) is 4.79 Å². The van der Waals surface area contributed by atoms with Crippen LogP contribution in [0.1, 0.15) is 37.8 Å². The van der Waals surface area contributed by atoms with E-state index in [0.717, 1.165) is 32.1 Å². The number of carboxylic acid groups (broad SMARTS) is 1. The second-order valence-electron chi connectivity index (χ2n) is 3.88. The lowest BCUT2D eigenvalue weighted by molar-refractivity contribution is -0.0488. The SMILES string of the molecule is O=C(O)OC1(c2cc[nH]n2)CCCCC1.